The van der Waals surface area contributed by atoms with Crippen LogP contribution in [-0.2, 0) is 11.2 Å². The molecule has 0 radical (unpaired) electrons. The van der Waals surface area contributed by atoms with Gasteiger partial charge in [-0.2, -0.15) is 4.98 Å². The van der Waals surface area contributed by atoms with Gasteiger partial charge in [-0.15, -0.1) is 0 Å². The van der Waals surface area contributed by atoms with Crippen molar-refractivity contribution in [3.05, 3.63) is 53.0 Å². The van der Waals surface area contributed by atoms with Crippen LogP contribution >= 0.6 is 0 Å². The van der Waals surface area contributed by atoms with Crippen LogP contribution in [0.3, 0.4) is 0 Å². The first kappa shape index (κ1) is 18.2. The Labute approximate surface area is 151 Å². The molecule has 0 aliphatic carbocycles. The van der Waals surface area contributed by atoms with Gasteiger partial charge < -0.3 is 9.64 Å². The molecule has 1 saturated heterocycles. The van der Waals surface area contributed by atoms with E-state index in [0.29, 0.717) is 37.6 Å². The molecule has 0 saturated carbocycles. The molecule has 1 amide bonds. The Morgan fingerprint density at radius 1 is 1.19 bits per heavy atom. The van der Waals surface area contributed by atoms with Crippen LogP contribution < -0.4 is 4.74 Å². The Balaban J connectivity index is 1.53. The van der Waals surface area contributed by atoms with Gasteiger partial charge in [0.15, 0.2) is 0 Å². The van der Waals surface area contributed by atoms with Gasteiger partial charge in [-0.05, 0) is 25.5 Å². The lowest BCUT2D eigenvalue weighted by molar-refractivity contribution is -0.132. The maximum Gasteiger partial charge on any atom is 0.227 e. The molecule has 1 aliphatic heterocycles. The van der Waals surface area contributed by atoms with E-state index >= 15 is 0 Å². The molecule has 1 aliphatic rings. The number of benzene rings is 1. The standard InChI is InChI=1S/C19H21F2N3O2/c1-12-9-18(23-13(2)22-12)26-16-5-7-24(8-6-16)19(25)10-14-3-4-15(20)11-17(14)21/h3-4,9,11,16H,5-8,10H2,1-2H3. The fourth-order valence-corrected chi connectivity index (χ4v) is 3.08. The van der Waals surface area contributed by atoms with Gasteiger partial charge in [-0.3, -0.25) is 4.79 Å². The topological polar surface area (TPSA) is 55.3 Å². The van der Waals surface area contributed by atoms with Gasteiger partial charge >= 0.3 is 0 Å². The van der Waals surface area contributed by atoms with Gasteiger partial charge in [0.05, 0.1) is 6.42 Å². The molecule has 3 rings (SSSR count). The van der Waals surface area contributed by atoms with Crippen molar-refractivity contribution in [1.82, 2.24) is 14.9 Å². The summed E-state index contributed by atoms with van der Waals surface area (Å²) in [5, 5.41) is 0. The second-order valence-electron chi connectivity index (χ2n) is 6.51. The van der Waals surface area contributed by atoms with Gasteiger partial charge in [0, 0.05) is 43.8 Å². The summed E-state index contributed by atoms with van der Waals surface area (Å²) in [7, 11) is 0. The summed E-state index contributed by atoms with van der Waals surface area (Å²) in [5.74, 6) is -0.289. The summed E-state index contributed by atoms with van der Waals surface area (Å²) >= 11 is 0. The van der Waals surface area contributed by atoms with Crippen LogP contribution in [-0.4, -0.2) is 40.0 Å². The van der Waals surface area contributed by atoms with Gasteiger partial charge in [0.1, 0.15) is 23.6 Å². The molecule has 7 heteroatoms. The maximum absolute atomic E-state index is 13.7. The van der Waals surface area contributed by atoms with E-state index in [1.54, 1.807) is 11.0 Å². The molecular formula is C19H21F2N3O2. The molecule has 0 bridgehead atoms. The molecular weight excluding hydrogens is 340 g/mol. The van der Waals surface area contributed by atoms with Crippen molar-refractivity contribution < 1.29 is 18.3 Å². The lowest BCUT2D eigenvalue weighted by Gasteiger charge is -2.32. The summed E-state index contributed by atoms with van der Waals surface area (Å²) in [4.78, 5) is 22.5. The predicted octanol–water partition coefficient (Wildman–Crippen LogP) is 2.98. The van der Waals surface area contributed by atoms with Crippen LogP contribution in [0.4, 0.5) is 8.78 Å². The van der Waals surface area contributed by atoms with Gasteiger partial charge in [0.2, 0.25) is 11.8 Å². The third kappa shape index (κ3) is 4.53. The predicted molar refractivity (Wildman–Crippen MR) is 91.8 cm³/mol. The molecule has 0 unspecified atom stereocenters. The molecule has 1 aromatic heterocycles. The highest BCUT2D eigenvalue weighted by Gasteiger charge is 2.25. The molecule has 1 fully saturated rings. The fraction of sp³-hybridized carbons (Fsp3) is 0.421. The van der Waals surface area contributed by atoms with Crippen LogP contribution in [0, 0.1) is 25.5 Å². The van der Waals surface area contributed by atoms with Crippen molar-refractivity contribution >= 4 is 5.91 Å². The van der Waals surface area contributed by atoms with E-state index in [-0.39, 0.29) is 24.0 Å². The maximum atomic E-state index is 13.7. The average molecular weight is 361 g/mol. The number of halogens is 2. The number of piperidine rings is 1. The van der Waals surface area contributed by atoms with Crippen LogP contribution in [0.2, 0.25) is 0 Å². The zero-order chi connectivity index (χ0) is 18.7. The highest BCUT2D eigenvalue weighted by molar-refractivity contribution is 5.78. The van der Waals surface area contributed by atoms with E-state index in [4.69, 9.17) is 4.74 Å². The van der Waals surface area contributed by atoms with Crippen molar-refractivity contribution in [2.75, 3.05) is 13.1 Å². The van der Waals surface area contributed by atoms with Crippen LogP contribution in [0.5, 0.6) is 5.88 Å². The summed E-state index contributed by atoms with van der Waals surface area (Å²) in [6.45, 7) is 4.78. The lowest BCUT2D eigenvalue weighted by atomic mass is 10.1. The van der Waals surface area contributed by atoms with E-state index in [1.165, 1.54) is 6.07 Å². The number of ether oxygens (including phenoxy) is 1. The number of hydrogen-bond donors (Lipinski definition) is 0. The number of carbonyl (C=O) groups excluding carboxylic acids is 1. The van der Waals surface area contributed by atoms with E-state index in [0.717, 1.165) is 17.8 Å². The average Bonchev–Trinajstić information content (AvgIpc) is 2.57. The first-order chi connectivity index (χ1) is 12.4. The Hall–Kier alpha value is -2.57. The van der Waals surface area contributed by atoms with Crippen LogP contribution in [0.1, 0.15) is 29.9 Å². The molecule has 26 heavy (non-hydrogen) atoms. The zero-order valence-corrected chi connectivity index (χ0v) is 14.8. The van der Waals surface area contributed by atoms with Crippen LogP contribution in [0.25, 0.3) is 0 Å². The summed E-state index contributed by atoms with van der Waals surface area (Å²) in [5.41, 5.74) is 1.06. The van der Waals surface area contributed by atoms with Crippen molar-refractivity contribution in [3.8, 4) is 5.88 Å². The van der Waals surface area contributed by atoms with Gasteiger partial charge in [0.25, 0.3) is 0 Å². The molecule has 0 spiro atoms. The zero-order valence-electron chi connectivity index (χ0n) is 14.8. The van der Waals surface area contributed by atoms with Crippen molar-refractivity contribution in [3.63, 3.8) is 0 Å². The summed E-state index contributed by atoms with van der Waals surface area (Å²) in [6.07, 6.45) is 1.27. The quantitative estimate of drug-likeness (QED) is 0.840. The minimum atomic E-state index is -0.689. The van der Waals surface area contributed by atoms with Crippen molar-refractivity contribution in [2.45, 2.75) is 39.2 Å². The largest absolute Gasteiger partial charge is 0.474 e. The van der Waals surface area contributed by atoms with Crippen molar-refractivity contribution in [2.24, 2.45) is 0 Å². The third-order valence-corrected chi connectivity index (χ3v) is 4.38. The molecule has 0 N–H and O–H groups in total. The summed E-state index contributed by atoms with van der Waals surface area (Å²) in [6, 6.07) is 5.08. The molecule has 1 aromatic carbocycles. The number of rotatable bonds is 4. The number of hydrogen-bond acceptors (Lipinski definition) is 4. The monoisotopic (exact) mass is 361 g/mol. The number of aryl methyl sites for hydroxylation is 2. The van der Waals surface area contributed by atoms with Crippen LogP contribution in [0.15, 0.2) is 24.3 Å². The molecule has 2 heterocycles. The fourth-order valence-electron chi connectivity index (χ4n) is 3.08. The highest BCUT2D eigenvalue weighted by atomic mass is 19.1. The first-order valence-electron chi connectivity index (χ1n) is 8.61. The molecule has 138 valence electrons. The number of nitrogens with zero attached hydrogens (tertiary/aromatic N) is 3. The number of aromatic nitrogens is 2. The SMILES string of the molecule is Cc1cc(OC2CCN(C(=O)Cc3ccc(F)cc3F)CC2)nc(C)n1. The Kier molecular flexibility index (Phi) is 5.44. The third-order valence-electron chi connectivity index (χ3n) is 4.38. The minimum Gasteiger partial charge on any atom is -0.474 e. The number of carbonyl (C=O) groups is 1. The first-order valence-corrected chi connectivity index (χ1v) is 8.61. The van der Waals surface area contributed by atoms with E-state index in [2.05, 4.69) is 9.97 Å². The lowest BCUT2D eigenvalue weighted by Crippen LogP contribution is -2.42. The smallest absolute Gasteiger partial charge is 0.227 e. The normalized spacial score (nSPS) is 15.2. The van der Waals surface area contributed by atoms with Crippen molar-refractivity contribution in [1.29, 1.82) is 0 Å². The number of likely N-dealkylation sites (tertiary alicyclic amines) is 1. The summed E-state index contributed by atoms with van der Waals surface area (Å²) < 4.78 is 32.6. The van der Waals surface area contributed by atoms with E-state index in [9.17, 15) is 13.6 Å². The van der Waals surface area contributed by atoms with E-state index < -0.39 is 11.6 Å². The van der Waals surface area contributed by atoms with E-state index in [1.807, 2.05) is 13.8 Å². The minimum absolute atomic E-state index is 0.0182. The Bertz CT molecular complexity index is 785. The van der Waals surface area contributed by atoms with Gasteiger partial charge in [-0.25, -0.2) is 13.8 Å². The Morgan fingerprint density at radius 3 is 2.58 bits per heavy atom. The second-order valence-corrected chi connectivity index (χ2v) is 6.51. The highest BCUT2D eigenvalue weighted by Crippen LogP contribution is 2.19. The molecule has 5 nitrogen and oxygen atoms in total. The second kappa shape index (κ2) is 7.76. The number of amides is 1. The molecule has 0 atom stereocenters. The molecule has 2 aromatic rings. The Morgan fingerprint density at radius 2 is 1.92 bits per heavy atom. The van der Waals surface area contributed by atoms with Gasteiger partial charge in [-0.1, -0.05) is 6.07 Å².